The van der Waals surface area contributed by atoms with Gasteiger partial charge >= 0.3 is 10.1 Å². The van der Waals surface area contributed by atoms with E-state index in [9.17, 15) is 8.42 Å². The van der Waals surface area contributed by atoms with Crippen LogP contribution in [0.5, 0.6) is 0 Å². The maximum Gasteiger partial charge on any atom is 0.332 e. The number of hydrogen-bond donors (Lipinski definition) is 1. The van der Waals surface area contributed by atoms with Crippen molar-refractivity contribution < 1.29 is 12.6 Å². The molecule has 9 heteroatoms. The van der Waals surface area contributed by atoms with Crippen molar-refractivity contribution in [3.05, 3.63) is 0 Å². The number of rotatable bonds is 4. The third kappa shape index (κ3) is 2.98. The van der Waals surface area contributed by atoms with Gasteiger partial charge < -0.3 is 10.6 Å². The Labute approximate surface area is 118 Å². The third-order valence-corrected chi connectivity index (χ3v) is 3.98. The molecule has 1 aliphatic rings. The molecule has 0 bridgehead atoms. The molecule has 0 unspecified atom stereocenters. The average Bonchev–Trinajstić information content (AvgIpc) is 3.11. The molecule has 1 heterocycles. The minimum atomic E-state index is -4.00. The molecule has 112 valence electrons. The lowest BCUT2D eigenvalue weighted by Gasteiger charge is -2.36. The van der Waals surface area contributed by atoms with Crippen molar-refractivity contribution in [3.63, 3.8) is 0 Å². The molecule has 2 rings (SSSR count). The van der Waals surface area contributed by atoms with Gasteiger partial charge in [-0.1, -0.05) is 0 Å². The predicted molar refractivity (Wildman–Crippen MR) is 73.7 cm³/mol. The number of hydrogen-bond acceptors (Lipinski definition) is 8. The van der Waals surface area contributed by atoms with Gasteiger partial charge in [-0.15, -0.1) is 0 Å². The highest BCUT2D eigenvalue weighted by molar-refractivity contribution is 7.86. The molecule has 8 nitrogen and oxygen atoms in total. The quantitative estimate of drug-likeness (QED) is 0.803. The number of nitrogens with two attached hydrogens (primary N) is 1. The lowest BCUT2D eigenvalue weighted by molar-refractivity contribution is 0.391. The highest BCUT2D eigenvalue weighted by Gasteiger charge is 2.38. The van der Waals surface area contributed by atoms with Crippen LogP contribution in [0.4, 0.5) is 11.9 Å². The van der Waals surface area contributed by atoms with Crippen LogP contribution in [0.2, 0.25) is 0 Å². The second-order valence-corrected chi connectivity index (χ2v) is 7.28. The number of nitrogen functional groups attached to an aromatic ring is 1. The van der Waals surface area contributed by atoms with Gasteiger partial charge in [0.1, 0.15) is 0 Å². The summed E-state index contributed by atoms with van der Waals surface area (Å²) >= 11 is 0. The van der Waals surface area contributed by atoms with Crippen molar-refractivity contribution in [2.45, 2.75) is 50.4 Å². The van der Waals surface area contributed by atoms with Gasteiger partial charge in [-0.25, -0.2) is 0 Å². The molecule has 0 aliphatic heterocycles. The van der Waals surface area contributed by atoms with Crippen molar-refractivity contribution in [1.82, 2.24) is 15.0 Å². The molecule has 0 radical (unpaired) electrons. The summed E-state index contributed by atoms with van der Waals surface area (Å²) < 4.78 is 27.8. The van der Waals surface area contributed by atoms with E-state index in [0.717, 1.165) is 20.0 Å². The van der Waals surface area contributed by atoms with Crippen LogP contribution < -0.4 is 10.6 Å². The number of nitrogens with zero attached hydrogens (tertiary/aromatic N) is 4. The second-order valence-electron chi connectivity index (χ2n) is 5.67. The highest BCUT2D eigenvalue weighted by atomic mass is 32.2. The third-order valence-electron chi connectivity index (χ3n) is 2.91. The summed E-state index contributed by atoms with van der Waals surface area (Å²) in [5.41, 5.74) is 5.36. The van der Waals surface area contributed by atoms with Crippen LogP contribution >= 0.6 is 0 Å². The average molecular weight is 301 g/mol. The molecule has 1 fully saturated rings. The van der Waals surface area contributed by atoms with Gasteiger partial charge in [-0.05, 0) is 33.6 Å². The highest BCUT2D eigenvalue weighted by Crippen LogP contribution is 2.35. The summed E-state index contributed by atoms with van der Waals surface area (Å²) in [7, 11) is -2.94. The minimum Gasteiger partial charge on any atom is -0.368 e. The molecule has 0 spiro atoms. The SMILES string of the molecule is COS(=O)(=O)c1nc(N)nc(N(C2CC2)C(C)(C)C)n1. The van der Waals surface area contributed by atoms with Gasteiger partial charge in [0.2, 0.25) is 11.9 Å². The van der Waals surface area contributed by atoms with Gasteiger partial charge in [-0.2, -0.15) is 23.4 Å². The maximum atomic E-state index is 11.7. The maximum absolute atomic E-state index is 11.7. The first kappa shape index (κ1) is 14.9. The lowest BCUT2D eigenvalue weighted by Crippen LogP contribution is -2.44. The van der Waals surface area contributed by atoms with E-state index in [4.69, 9.17) is 5.73 Å². The van der Waals surface area contributed by atoms with Gasteiger partial charge in [-0.3, -0.25) is 4.18 Å². The Balaban J connectivity index is 2.51. The topological polar surface area (TPSA) is 111 Å². The molecule has 0 aromatic carbocycles. The van der Waals surface area contributed by atoms with E-state index in [2.05, 4.69) is 19.1 Å². The van der Waals surface area contributed by atoms with Crippen molar-refractivity contribution in [2.75, 3.05) is 17.7 Å². The summed E-state index contributed by atoms with van der Waals surface area (Å²) in [6.45, 7) is 6.03. The van der Waals surface area contributed by atoms with E-state index in [1.807, 2.05) is 25.7 Å². The molecule has 0 atom stereocenters. The van der Waals surface area contributed by atoms with E-state index in [1.54, 1.807) is 0 Å². The largest absolute Gasteiger partial charge is 0.368 e. The zero-order valence-electron chi connectivity index (χ0n) is 12.0. The van der Waals surface area contributed by atoms with E-state index in [0.29, 0.717) is 6.04 Å². The Morgan fingerprint density at radius 1 is 1.25 bits per heavy atom. The summed E-state index contributed by atoms with van der Waals surface area (Å²) in [6.07, 6.45) is 2.05. The molecule has 0 amide bonds. The van der Waals surface area contributed by atoms with Crippen molar-refractivity contribution in [2.24, 2.45) is 0 Å². The smallest absolute Gasteiger partial charge is 0.332 e. The fraction of sp³-hybridized carbons (Fsp3) is 0.727. The Bertz CT molecular complexity index is 607. The predicted octanol–water partition coefficient (Wildman–Crippen LogP) is 0.556. The minimum absolute atomic E-state index is 0.138. The monoisotopic (exact) mass is 301 g/mol. The summed E-state index contributed by atoms with van der Waals surface area (Å²) in [6, 6.07) is 0.301. The molecular formula is C11H19N5O3S. The van der Waals surface area contributed by atoms with Crippen molar-refractivity contribution >= 4 is 22.0 Å². The van der Waals surface area contributed by atoms with Crippen molar-refractivity contribution in [1.29, 1.82) is 0 Å². The van der Waals surface area contributed by atoms with E-state index in [1.165, 1.54) is 0 Å². The fourth-order valence-electron chi connectivity index (χ4n) is 2.00. The van der Waals surface area contributed by atoms with E-state index >= 15 is 0 Å². The van der Waals surface area contributed by atoms with Crippen LogP contribution in [0.25, 0.3) is 0 Å². The van der Waals surface area contributed by atoms with Crippen LogP contribution in [0.15, 0.2) is 5.16 Å². The Morgan fingerprint density at radius 3 is 2.30 bits per heavy atom. The Kier molecular flexibility index (Phi) is 3.59. The molecule has 20 heavy (non-hydrogen) atoms. The molecule has 2 N–H and O–H groups in total. The van der Waals surface area contributed by atoms with E-state index in [-0.39, 0.29) is 17.4 Å². The fourth-order valence-corrected chi connectivity index (χ4v) is 2.55. The van der Waals surface area contributed by atoms with Gasteiger partial charge in [0, 0.05) is 11.6 Å². The van der Waals surface area contributed by atoms with Crippen LogP contribution in [0, 0.1) is 0 Å². The standard InChI is InChI=1S/C11H19N5O3S/c1-11(2,3)16(7-5-6-7)9-13-8(12)14-10(15-9)20(17,18)19-4/h7H,5-6H2,1-4H3,(H2,12,13,14,15). The molecule has 1 aromatic heterocycles. The van der Waals surface area contributed by atoms with Crippen LogP contribution in [-0.4, -0.2) is 42.1 Å². The zero-order chi connectivity index (χ0) is 15.1. The molecule has 1 aromatic rings. The molecule has 1 aliphatic carbocycles. The summed E-state index contributed by atoms with van der Waals surface area (Å²) in [5, 5.41) is -0.461. The van der Waals surface area contributed by atoms with Gasteiger partial charge in [0.15, 0.2) is 0 Å². The van der Waals surface area contributed by atoms with Crippen molar-refractivity contribution in [3.8, 4) is 0 Å². The molecule has 1 saturated carbocycles. The van der Waals surface area contributed by atoms with E-state index < -0.39 is 15.3 Å². The summed E-state index contributed by atoms with van der Waals surface area (Å²) in [5.74, 6) is 0.128. The normalized spacial score (nSPS) is 16.2. The molecular weight excluding hydrogens is 282 g/mol. The van der Waals surface area contributed by atoms with Gasteiger partial charge in [0.05, 0.1) is 7.11 Å². The summed E-state index contributed by atoms with van der Waals surface area (Å²) in [4.78, 5) is 13.7. The van der Waals surface area contributed by atoms with Crippen LogP contribution in [0.3, 0.4) is 0 Å². The number of anilines is 2. The number of aromatic nitrogens is 3. The second kappa shape index (κ2) is 4.81. The lowest BCUT2D eigenvalue weighted by atomic mass is 10.1. The molecule has 0 saturated heterocycles. The first-order valence-corrected chi connectivity index (χ1v) is 7.67. The first-order valence-electron chi connectivity index (χ1n) is 6.26. The van der Waals surface area contributed by atoms with Gasteiger partial charge in [0.25, 0.3) is 5.16 Å². The first-order chi connectivity index (χ1) is 9.15. The van der Waals surface area contributed by atoms with Crippen LogP contribution in [0.1, 0.15) is 33.6 Å². The zero-order valence-corrected chi connectivity index (χ0v) is 12.8. The van der Waals surface area contributed by atoms with Crippen LogP contribution in [-0.2, 0) is 14.3 Å². The Morgan fingerprint density at radius 2 is 1.85 bits per heavy atom. The Hall–Kier alpha value is -1.48.